The number of carboxylic acid groups (broad SMARTS) is 3. The number of carboxylic acids is 3. The number of rotatable bonds is 2. The van der Waals surface area contributed by atoms with Crippen LogP contribution in [0, 0.1) is 0 Å². The molecule has 0 atom stereocenters. The number of hydrogen-bond acceptors (Lipinski definition) is 5. The third-order valence-electron chi connectivity index (χ3n) is 0.192. The van der Waals surface area contributed by atoms with E-state index in [9.17, 15) is 0 Å². The molecule has 0 saturated heterocycles. The summed E-state index contributed by atoms with van der Waals surface area (Å²) in [5.74, 6) is -2.75. The Labute approximate surface area is 134 Å². The zero-order valence-corrected chi connectivity index (χ0v) is 13.5. The van der Waals surface area contributed by atoms with E-state index in [1.54, 1.807) is 0 Å². The molecular weight excluding hydrogens is 271 g/mol. The molecule has 0 rings (SSSR count). The van der Waals surface area contributed by atoms with E-state index in [4.69, 9.17) is 29.7 Å². The Morgan fingerprint density at radius 2 is 1.11 bits per heavy atom. The van der Waals surface area contributed by atoms with Gasteiger partial charge in [0.05, 0.1) is 12.5 Å². The molecule has 0 fully saturated rings. The fraction of sp³-hybridized carbons (Fsp3) is 0.300. The molecular formula is C10H19NaO8. The van der Waals surface area contributed by atoms with E-state index in [0.29, 0.717) is 0 Å². The molecule has 19 heavy (non-hydrogen) atoms. The molecule has 9 heteroatoms. The molecule has 0 unspecified atom stereocenters. The minimum Gasteiger partial charge on any atom is -0.550 e. The van der Waals surface area contributed by atoms with Crippen molar-refractivity contribution in [3.63, 3.8) is 0 Å². The summed E-state index contributed by atoms with van der Waals surface area (Å²) >= 11 is 0. The molecule has 0 radical (unpaired) electrons. The minimum atomic E-state index is -1.08. The monoisotopic (exact) mass is 290 g/mol. The molecule has 8 nitrogen and oxygen atoms in total. The van der Waals surface area contributed by atoms with Crippen molar-refractivity contribution in [2.24, 2.45) is 0 Å². The largest absolute Gasteiger partial charge is 1.00 e. The van der Waals surface area contributed by atoms with Crippen LogP contribution in [0.5, 0.6) is 0 Å². The van der Waals surface area contributed by atoms with E-state index >= 15 is 0 Å². The van der Waals surface area contributed by atoms with Gasteiger partial charge in [0.2, 0.25) is 0 Å². The molecule has 0 saturated carbocycles. The van der Waals surface area contributed by atoms with Crippen LogP contribution in [0.2, 0.25) is 0 Å². The van der Waals surface area contributed by atoms with Gasteiger partial charge in [0, 0.05) is 19.8 Å². The standard InChI is InChI=1S/C4H6O.3C2H4O2.Na.H2O/c1-3-5-4-2;3*1-2(3)4;;/h3-4H,1-2H2;3*1H3,(H,3,4);;1H2/q;;;;+1;/p-1. The summed E-state index contributed by atoms with van der Waals surface area (Å²) in [7, 11) is 0. The zero-order valence-electron chi connectivity index (χ0n) is 11.5. The minimum absolute atomic E-state index is 0. The van der Waals surface area contributed by atoms with Crippen LogP contribution in [0.15, 0.2) is 25.7 Å². The van der Waals surface area contributed by atoms with Gasteiger partial charge in [-0.3, -0.25) is 9.59 Å². The van der Waals surface area contributed by atoms with Crippen LogP contribution in [0.25, 0.3) is 0 Å². The Bertz CT molecular complexity index is 193. The summed E-state index contributed by atoms with van der Waals surface area (Å²) in [6.45, 7) is 9.65. The van der Waals surface area contributed by atoms with Crippen LogP contribution in [0.3, 0.4) is 0 Å². The normalized spacial score (nSPS) is 5.42. The number of aliphatic carboxylic acids is 3. The van der Waals surface area contributed by atoms with Crippen LogP contribution in [-0.2, 0) is 19.1 Å². The van der Waals surface area contributed by atoms with E-state index in [1.165, 1.54) is 12.5 Å². The Hall–Kier alpha value is -1.35. The first-order valence-electron chi connectivity index (χ1n) is 4.05. The molecule has 108 valence electrons. The van der Waals surface area contributed by atoms with E-state index in [1.807, 2.05) is 0 Å². The number of hydrogen-bond donors (Lipinski definition) is 2. The summed E-state index contributed by atoms with van der Waals surface area (Å²) in [6, 6.07) is 0. The van der Waals surface area contributed by atoms with Crippen LogP contribution < -0.4 is 34.7 Å². The van der Waals surface area contributed by atoms with Crippen molar-refractivity contribution in [1.82, 2.24) is 0 Å². The van der Waals surface area contributed by atoms with Gasteiger partial charge in [-0.15, -0.1) is 0 Å². The molecule has 0 bridgehead atoms. The molecule has 0 aromatic carbocycles. The van der Waals surface area contributed by atoms with Gasteiger partial charge in [-0.05, 0) is 6.92 Å². The second-order valence-corrected chi connectivity index (χ2v) is 2.00. The molecule has 0 heterocycles. The van der Waals surface area contributed by atoms with Gasteiger partial charge in [0.15, 0.2) is 0 Å². The third kappa shape index (κ3) is 8460. The molecule has 0 amide bonds. The van der Waals surface area contributed by atoms with Crippen LogP contribution in [-0.4, -0.2) is 33.6 Å². The van der Waals surface area contributed by atoms with E-state index in [0.717, 1.165) is 20.8 Å². The second kappa shape index (κ2) is 36.0. The van der Waals surface area contributed by atoms with Crippen molar-refractivity contribution in [3.8, 4) is 0 Å². The summed E-state index contributed by atoms with van der Waals surface area (Å²) in [5, 5.41) is 23.7. The van der Waals surface area contributed by atoms with Gasteiger partial charge in [-0.2, -0.15) is 0 Å². The van der Waals surface area contributed by atoms with E-state index < -0.39 is 17.9 Å². The molecule has 4 N–H and O–H groups in total. The molecule has 0 spiro atoms. The molecule has 0 aliphatic heterocycles. The van der Waals surface area contributed by atoms with Gasteiger partial charge < -0.3 is 30.3 Å². The van der Waals surface area contributed by atoms with Gasteiger partial charge in [0.1, 0.15) is 0 Å². The van der Waals surface area contributed by atoms with Crippen LogP contribution in [0.4, 0.5) is 0 Å². The summed E-state index contributed by atoms with van der Waals surface area (Å²) in [6.07, 6.45) is 2.62. The summed E-state index contributed by atoms with van der Waals surface area (Å²) in [4.78, 5) is 26.9. The number of carbonyl (C=O) groups excluding carboxylic acids is 1. The maximum atomic E-state index is 9.00. The van der Waals surface area contributed by atoms with Gasteiger partial charge in [0.25, 0.3) is 11.9 Å². The number of carbonyl (C=O) groups is 3. The van der Waals surface area contributed by atoms with Gasteiger partial charge >= 0.3 is 29.6 Å². The topological polar surface area (TPSA) is 155 Å². The predicted molar refractivity (Wildman–Crippen MR) is 62.4 cm³/mol. The fourth-order valence-corrected chi connectivity index (χ4v) is 0.0680. The Morgan fingerprint density at radius 3 is 1.11 bits per heavy atom. The Balaban J connectivity index is -0.0000000288. The summed E-state index contributed by atoms with van der Waals surface area (Å²) in [5.41, 5.74) is 0. The second-order valence-electron chi connectivity index (χ2n) is 2.00. The zero-order chi connectivity index (χ0) is 14.9. The van der Waals surface area contributed by atoms with Crippen molar-refractivity contribution in [1.29, 1.82) is 0 Å². The Morgan fingerprint density at radius 1 is 1.00 bits per heavy atom. The third-order valence-corrected chi connectivity index (χ3v) is 0.192. The smallest absolute Gasteiger partial charge is 0.550 e. The summed E-state index contributed by atoms with van der Waals surface area (Å²) < 4.78 is 4.36. The van der Waals surface area contributed by atoms with E-state index in [2.05, 4.69) is 17.9 Å². The molecule has 0 aliphatic carbocycles. The van der Waals surface area contributed by atoms with Crippen molar-refractivity contribution < 1.29 is 69.5 Å². The first-order valence-corrected chi connectivity index (χ1v) is 4.05. The number of ether oxygens (including phenoxy) is 1. The van der Waals surface area contributed by atoms with Crippen molar-refractivity contribution >= 4 is 17.9 Å². The first kappa shape index (κ1) is 36.1. The van der Waals surface area contributed by atoms with Crippen molar-refractivity contribution in [2.75, 3.05) is 0 Å². The van der Waals surface area contributed by atoms with Crippen molar-refractivity contribution in [2.45, 2.75) is 20.8 Å². The SMILES string of the molecule is C=COC=C.CC(=O)O.CC(=O)O.CC(=O)[O-].O.[Na+]. The quantitative estimate of drug-likeness (QED) is 0.393. The fourth-order valence-electron chi connectivity index (χ4n) is 0.0680. The molecule has 0 aliphatic rings. The molecule has 0 aromatic rings. The molecule has 0 aromatic heterocycles. The van der Waals surface area contributed by atoms with Crippen molar-refractivity contribution in [3.05, 3.63) is 25.7 Å². The van der Waals surface area contributed by atoms with Crippen LogP contribution in [0.1, 0.15) is 20.8 Å². The average Bonchev–Trinajstić information content (AvgIpc) is 2.01. The average molecular weight is 290 g/mol. The maximum Gasteiger partial charge on any atom is 1.00 e. The van der Waals surface area contributed by atoms with Gasteiger partial charge in [-0.25, -0.2) is 0 Å². The Kier molecular flexibility index (Phi) is 68.2. The first-order chi connectivity index (χ1) is 7.61. The van der Waals surface area contributed by atoms with E-state index in [-0.39, 0.29) is 35.0 Å². The van der Waals surface area contributed by atoms with Gasteiger partial charge in [-0.1, -0.05) is 13.2 Å². The van der Waals surface area contributed by atoms with Crippen LogP contribution >= 0.6 is 0 Å². The maximum absolute atomic E-state index is 9.00. The predicted octanol–water partition coefficient (Wildman–Crippen LogP) is -3.59.